The van der Waals surface area contributed by atoms with Gasteiger partial charge in [-0.15, -0.1) is 0 Å². The first-order valence-electron chi connectivity index (χ1n) is 8.58. The summed E-state index contributed by atoms with van der Waals surface area (Å²) >= 11 is 1.36. The van der Waals surface area contributed by atoms with E-state index in [1.54, 1.807) is 0 Å². The van der Waals surface area contributed by atoms with Crippen LogP contribution >= 0.6 is 11.3 Å². The van der Waals surface area contributed by atoms with Crippen molar-refractivity contribution in [3.05, 3.63) is 62.8 Å². The molecule has 0 aliphatic heterocycles. The number of halogens is 1. The van der Waals surface area contributed by atoms with Crippen LogP contribution in [0.25, 0.3) is 4.96 Å². The Morgan fingerprint density at radius 2 is 2.04 bits per heavy atom. The fourth-order valence-corrected chi connectivity index (χ4v) is 3.59. The SMILES string of the molecule is O=C(CNC(=O)c1ccc(F)cc1)OCc1cc(=O)n2nc(C3CC3)sc2n1. The number of aromatic nitrogens is 3. The highest BCUT2D eigenvalue weighted by Gasteiger charge is 2.28. The molecule has 0 atom stereocenters. The van der Waals surface area contributed by atoms with E-state index in [-0.39, 0.29) is 24.3 Å². The molecule has 10 heteroatoms. The molecule has 1 aromatic carbocycles. The molecule has 2 heterocycles. The van der Waals surface area contributed by atoms with E-state index in [9.17, 15) is 18.8 Å². The zero-order valence-electron chi connectivity index (χ0n) is 14.6. The predicted molar refractivity (Wildman–Crippen MR) is 97.6 cm³/mol. The average molecular weight is 402 g/mol. The number of rotatable bonds is 6. The van der Waals surface area contributed by atoms with Crippen LogP contribution in [0.3, 0.4) is 0 Å². The van der Waals surface area contributed by atoms with Crippen molar-refractivity contribution in [3.63, 3.8) is 0 Å². The second kappa shape index (κ2) is 7.47. The maximum Gasteiger partial charge on any atom is 0.325 e. The smallest absolute Gasteiger partial charge is 0.325 e. The highest BCUT2D eigenvalue weighted by atomic mass is 32.1. The number of esters is 1. The molecule has 0 radical (unpaired) electrons. The molecule has 8 nitrogen and oxygen atoms in total. The molecule has 1 aliphatic rings. The third-order valence-corrected chi connectivity index (χ3v) is 5.19. The molecule has 3 aromatic rings. The fraction of sp³-hybridized carbons (Fsp3) is 0.278. The summed E-state index contributed by atoms with van der Waals surface area (Å²) in [6, 6.07) is 6.21. The summed E-state index contributed by atoms with van der Waals surface area (Å²) in [4.78, 5) is 40.6. The fourth-order valence-electron chi connectivity index (χ4n) is 2.50. The first kappa shape index (κ1) is 18.2. The summed E-state index contributed by atoms with van der Waals surface area (Å²) in [7, 11) is 0. The Bertz CT molecular complexity index is 1100. The number of carbonyl (C=O) groups is 2. The normalized spacial score (nSPS) is 13.5. The van der Waals surface area contributed by atoms with E-state index >= 15 is 0 Å². The monoisotopic (exact) mass is 402 g/mol. The van der Waals surface area contributed by atoms with Gasteiger partial charge >= 0.3 is 5.97 Å². The molecule has 0 unspecified atom stereocenters. The van der Waals surface area contributed by atoms with Gasteiger partial charge in [0.05, 0.1) is 5.69 Å². The Labute approximate surface area is 162 Å². The quantitative estimate of drug-likeness (QED) is 0.629. The van der Waals surface area contributed by atoms with Gasteiger partial charge in [-0.1, -0.05) is 11.3 Å². The van der Waals surface area contributed by atoms with Gasteiger partial charge in [-0.05, 0) is 37.1 Å². The minimum Gasteiger partial charge on any atom is -0.458 e. The van der Waals surface area contributed by atoms with Gasteiger partial charge in [0, 0.05) is 17.5 Å². The minimum atomic E-state index is -0.680. The Hall–Kier alpha value is -3.14. The van der Waals surface area contributed by atoms with Crippen molar-refractivity contribution >= 4 is 28.2 Å². The molecule has 4 rings (SSSR count). The van der Waals surface area contributed by atoms with Crippen molar-refractivity contribution in [2.75, 3.05) is 6.54 Å². The third kappa shape index (κ3) is 4.06. The van der Waals surface area contributed by atoms with E-state index in [2.05, 4.69) is 15.4 Å². The molecule has 1 N–H and O–H groups in total. The van der Waals surface area contributed by atoms with Crippen LogP contribution < -0.4 is 10.9 Å². The second-order valence-corrected chi connectivity index (χ2v) is 7.33. The second-order valence-electron chi connectivity index (χ2n) is 6.34. The van der Waals surface area contributed by atoms with Crippen molar-refractivity contribution < 1.29 is 18.7 Å². The topological polar surface area (TPSA) is 103 Å². The van der Waals surface area contributed by atoms with Gasteiger partial charge < -0.3 is 10.1 Å². The van der Waals surface area contributed by atoms with Crippen LogP contribution in [-0.4, -0.2) is 33.0 Å². The van der Waals surface area contributed by atoms with Crippen LogP contribution in [0.2, 0.25) is 0 Å². The number of fused-ring (bicyclic) bond motifs is 1. The van der Waals surface area contributed by atoms with Gasteiger partial charge in [-0.3, -0.25) is 14.4 Å². The van der Waals surface area contributed by atoms with Crippen molar-refractivity contribution in [3.8, 4) is 0 Å². The highest BCUT2D eigenvalue weighted by Crippen LogP contribution is 2.41. The van der Waals surface area contributed by atoms with Gasteiger partial charge in [-0.25, -0.2) is 9.37 Å². The summed E-state index contributed by atoms with van der Waals surface area (Å²) < 4.78 is 19.2. The van der Waals surface area contributed by atoms with Gasteiger partial charge in [0.2, 0.25) is 4.96 Å². The first-order chi connectivity index (χ1) is 13.5. The number of benzene rings is 1. The van der Waals surface area contributed by atoms with Crippen molar-refractivity contribution in [1.29, 1.82) is 0 Å². The van der Waals surface area contributed by atoms with Crippen molar-refractivity contribution in [2.45, 2.75) is 25.4 Å². The number of nitrogens with one attached hydrogen (secondary N) is 1. The molecule has 1 fully saturated rings. The Balaban J connectivity index is 1.33. The lowest BCUT2D eigenvalue weighted by atomic mass is 10.2. The van der Waals surface area contributed by atoms with Crippen molar-refractivity contribution in [2.24, 2.45) is 0 Å². The lowest BCUT2D eigenvalue weighted by molar-refractivity contribution is -0.143. The van der Waals surface area contributed by atoms with E-state index in [4.69, 9.17) is 4.74 Å². The summed E-state index contributed by atoms with van der Waals surface area (Å²) in [6.07, 6.45) is 2.14. The number of nitrogens with zero attached hydrogens (tertiary/aromatic N) is 3. The Morgan fingerprint density at radius 3 is 2.75 bits per heavy atom. The highest BCUT2D eigenvalue weighted by molar-refractivity contribution is 7.16. The van der Waals surface area contributed by atoms with Crippen molar-refractivity contribution in [1.82, 2.24) is 19.9 Å². The van der Waals surface area contributed by atoms with Crippen LogP contribution in [0.15, 0.2) is 35.1 Å². The Morgan fingerprint density at radius 1 is 1.29 bits per heavy atom. The molecule has 1 amide bonds. The molecule has 144 valence electrons. The lowest BCUT2D eigenvalue weighted by Gasteiger charge is -2.06. The van der Waals surface area contributed by atoms with E-state index in [0.29, 0.717) is 16.6 Å². The summed E-state index contributed by atoms with van der Waals surface area (Å²) in [5.74, 6) is -1.24. The third-order valence-electron chi connectivity index (χ3n) is 4.12. The maximum absolute atomic E-state index is 12.9. The van der Waals surface area contributed by atoms with Crippen LogP contribution in [0.4, 0.5) is 4.39 Å². The summed E-state index contributed by atoms with van der Waals surface area (Å²) in [5, 5.41) is 7.55. The van der Waals surface area contributed by atoms with Crippen LogP contribution in [0.1, 0.15) is 39.8 Å². The van der Waals surface area contributed by atoms with E-state index in [1.165, 1.54) is 34.1 Å². The standard InChI is InChI=1S/C18H15FN4O4S/c19-12-5-3-10(4-6-12)16(26)20-8-15(25)27-9-13-7-14(24)23-18(21-13)28-17(22-23)11-1-2-11/h3-7,11H,1-2,8-9H2,(H,20,26). The van der Waals surface area contributed by atoms with Gasteiger partial charge in [0.15, 0.2) is 0 Å². The molecular formula is C18H15FN4O4S. The van der Waals surface area contributed by atoms with Crippen LogP contribution in [0, 0.1) is 5.82 Å². The molecule has 1 aliphatic carbocycles. The number of hydrogen-bond acceptors (Lipinski definition) is 7. The van der Waals surface area contributed by atoms with E-state index in [1.807, 2.05) is 0 Å². The minimum absolute atomic E-state index is 0.187. The van der Waals surface area contributed by atoms with Gasteiger partial charge in [0.25, 0.3) is 11.5 Å². The summed E-state index contributed by atoms with van der Waals surface area (Å²) in [6.45, 7) is -0.544. The Kier molecular flexibility index (Phi) is 4.86. The van der Waals surface area contributed by atoms with E-state index < -0.39 is 17.7 Å². The molecule has 2 aromatic heterocycles. The van der Waals surface area contributed by atoms with Crippen LogP contribution in [-0.2, 0) is 16.1 Å². The van der Waals surface area contributed by atoms with Gasteiger partial charge in [-0.2, -0.15) is 9.61 Å². The number of carbonyl (C=O) groups excluding carboxylic acids is 2. The number of amides is 1. The van der Waals surface area contributed by atoms with Gasteiger partial charge in [0.1, 0.15) is 24.0 Å². The molecule has 0 saturated heterocycles. The summed E-state index contributed by atoms with van der Waals surface area (Å²) in [5.41, 5.74) is 0.212. The van der Waals surface area contributed by atoms with Crippen LogP contribution in [0.5, 0.6) is 0 Å². The molecule has 28 heavy (non-hydrogen) atoms. The molecule has 0 bridgehead atoms. The lowest BCUT2D eigenvalue weighted by Crippen LogP contribution is -2.30. The zero-order valence-corrected chi connectivity index (χ0v) is 15.4. The molecule has 1 saturated carbocycles. The largest absolute Gasteiger partial charge is 0.458 e. The molecule has 0 spiro atoms. The van der Waals surface area contributed by atoms with E-state index in [0.717, 1.165) is 30.0 Å². The number of ether oxygens (including phenoxy) is 1. The first-order valence-corrected chi connectivity index (χ1v) is 9.40. The number of hydrogen-bond donors (Lipinski definition) is 1. The maximum atomic E-state index is 12.9. The molecular weight excluding hydrogens is 387 g/mol. The average Bonchev–Trinajstić information content (AvgIpc) is 3.44. The zero-order chi connectivity index (χ0) is 19.7. The predicted octanol–water partition coefficient (Wildman–Crippen LogP) is 1.64.